The zero-order chi connectivity index (χ0) is 18.5. The largest absolute Gasteiger partial charge is 0.357 e. The predicted octanol–water partition coefficient (Wildman–Crippen LogP) is 2.60. The number of guanidine groups is 1. The molecule has 0 atom stereocenters. The average molecular weight is 352 g/mol. The summed E-state index contributed by atoms with van der Waals surface area (Å²) in [4.78, 5) is 16.6. The van der Waals surface area contributed by atoms with Gasteiger partial charge in [-0.1, -0.05) is 48.5 Å². The van der Waals surface area contributed by atoms with Crippen LogP contribution in [0.25, 0.3) is 0 Å². The molecule has 0 aliphatic heterocycles. The third-order valence-corrected chi connectivity index (χ3v) is 3.82. The van der Waals surface area contributed by atoms with E-state index >= 15 is 0 Å². The Balaban J connectivity index is 1.67. The topological polar surface area (TPSA) is 65.5 Å². The van der Waals surface area contributed by atoms with Gasteiger partial charge in [-0.25, -0.2) is 0 Å². The number of carbonyl (C=O) groups is 1. The molecule has 26 heavy (non-hydrogen) atoms. The number of hydrogen-bond donors (Lipinski definition) is 3. The molecule has 0 saturated carbocycles. The van der Waals surface area contributed by atoms with E-state index in [2.05, 4.69) is 45.2 Å². The van der Waals surface area contributed by atoms with Crippen LogP contribution in [0.15, 0.2) is 65.7 Å². The Hall–Kier alpha value is -2.82. The van der Waals surface area contributed by atoms with Gasteiger partial charge in [0.1, 0.15) is 0 Å². The van der Waals surface area contributed by atoms with E-state index in [1.807, 2.05) is 31.2 Å². The Bertz CT molecular complexity index is 671. The van der Waals surface area contributed by atoms with Gasteiger partial charge >= 0.3 is 0 Å². The third kappa shape index (κ3) is 7.38. The second kappa shape index (κ2) is 11.7. The molecule has 0 heterocycles. The summed E-state index contributed by atoms with van der Waals surface area (Å²) in [6, 6.07) is 19.7. The first-order valence-corrected chi connectivity index (χ1v) is 9.19. The lowest BCUT2D eigenvalue weighted by atomic mass is 10.1. The standard InChI is InChI=1S/C21H28N4O/c1-2-22-21(24-15-9-12-18-10-5-3-6-11-18)25-17-16-23-20(26)19-13-7-4-8-14-19/h3-8,10-11,13-14H,2,9,12,15-17H2,1H3,(H,23,26)(H2,22,24,25). The number of carbonyl (C=O) groups excluding carboxylic acids is 1. The lowest BCUT2D eigenvalue weighted by Crippen LogP contribution is -2.41. The number of aryl methyl sites for hydroxylation is 1. The van der Waals surface area contributed by atoms with Gasteiger partial charge in [0.2, 0.25) is 0 Å². The molecule has 2 aromatic carbocycles. The van der Waals surface area contributed by atoms with E-state index in [1.165, 1.54) is 5.56 Å². The van der Waals surface area contributed by atoms with Crippen LogP contribution in [-0.2, 0) is 6.42 Å². The van der Waals surface area contributed by atoms with Crippen LogP contribution in [-0.4, -0.2) is 38.0 Å². The summed E-state index contributed by atoms with van der Waals surface area (Å²) >= 11 is 0. The maximum atomic E-state index is 12.0. The Kier molecular flexibility index (Phi) is 8.77. The molecule has 0 bridgehead atoms. The number of amides is 1. The van der Waals surface area contributed by atoms with Crippen molar-refractivity contribution in [2.45, 2.75) is 19.8 Å². The van der Waals surface area contributed by atoms with Crippen LogP contribution in [0.2, 0.25) is 0 Å². The molecule has 0 radical (unpaired) electrons. The van der Waals surface area contributed by atoms with E-state index in [0.29, 0.717) is 18.7 Å². The van der Waals surface area contributed by atoms with Crippen LogP contribution in [0.3, 0.4) is 0 Å². The first-order chi connectivity index (χ1) is 12.8. The van der Waals surface area contributed by atoms with E-state index in [0.717, 1.165) is 31.9 Å². The fourth-order valence-electron chi connectivity index (χ4n) is 2.51. The minimum Gasteiger partial charge on any atom is -0.357 e. The molecule has 2 rings (SSSR count). The van der Waals surface area contributed by atoms with Crippen LogP contribution in [0.4, 0.5) is 0 Å². The first-order valence-electron chi connectivity index (χ1n) is 9.19. The highest BCUT2D eigenvalue weighted by Gasteiger charge is 2.03. The van der Waals surface area contributed by atoms with Crippen molar-refractivity contribution in [2.24, 2.45) is 4.99 Å². The van der Waals surface area contributed by atoms with Crippen LogP contribution >= 0.6 is 0 Å². The third-order valence-electron chi connectivity index (χ3n) is 3.82. The summed E-state index contributed by atoms with van der Waals surface area (Å²) < 4.78 is 0. The minimum atomic E-state index is -0.0581. The van der Waals surface area contributed by atoms with Gasteiger partial charge < -0.3 is 16.0 Å². The molecule has 0 spiro atoms. The van der Waals surface area contributed by atoms with E-state index in [1.54, 1.807) is 12.1 Å². The molecule has 138 valence electrons. The molecule has 3 N–H and O–H groups in total. The van der Waals surface area contributed by atoms with E-state index in [-0.39, 0.29) is 5.91 Å². The summed E-state index contributed by atoms with van der Waals surface area (Å²) in [5, 5.41) is 9.38. The maximum Gasteiger partial charge on any atom is 0.251 e. The number of nitrogens with one attached hydrogen (secondary N) is 3. The highest BCUT2D eigenvalue weighted by molar-refractivity contribution is 5.94. The Morgan fingerprint density at radius 3 is 2.23 bits per heavy atom. The van der Waals surface area contributed by atoms with Crippen molar-refractivity contribution in [1.82, 2.24) is 16.0 Å². The predicted molar refractivity (Wildman–Crippen MR) is 108 cm³/mol. The van der Waals surface area contributed by atoms with E-state index in [4.69, 9.17) is 0 Å². The number of aliphatic imine (C=N–C) groups is 1. The first kappa shape index (κ1) is 19.5. The second-order valence-corrected chi connectivity index (χ2v) is 5.90. The van der Waals surface area contributed by atoms with Crippen LogP contribution in [0.1, 0.15) is 29.3 Å². The summed E-state index contributed by atoms with van der Waals surface area (Å²) in [7, 11) is 0. The molecule has 0 unspecified atom stereocenters. The van der Waals surface area contributed by atoms with Crippen molar-refractivity contribution in [3.8, 4) is 0 Å². The highest BCUT2D eigenvalue weighted by Crippen LogP contribution is 2.02. The fourth-order valence-corrected chi connectivity index (χ4v) is 2.51. The van der Waals surface area contributed by atoms with Gasteiger partial charge in [0.05, 0.1) is 0 Å². The molecule has 5 heteroatoms. The maximum absolute atomic E-state index is 12.0. The van der Waals surface area contributed by atoms with Gasteiger partial charge in [0.15, 0.2) is 5.96 Å². The lowest BCUT2D eigenvalue weighted by molar-refractivity contribution is 0.0954. The normalized spacial score (nSPS) is 11.0. The number of benzene rings is 2. The van der Waals surface area contributed by atoms with Crippen molar-refractivity contribution in [3.63, 3.8) is 0 Å². The van der Waals surface area contributed by atoms with Crippen LogP contribution in [0.5, 0.6) is 0 Å². The van der Waals surface area contributed by atoms with Gasteiger partial charge in [-0.3, -0.25) is 9.79 Å². The van der Waals surface area contributed by atoms with Crippen molar-refractivity contribution in [3.05, 3.63) is 71.8 Å². The zero-order valence-electron chi connectivity index (χ0n) is 15.4. The van der Waals surface area contributed by atoms with Gasteiger partial charge in [-0.05, 0) is 37.5 Å². The zero-order valence-corrected chi connectivity index (χ0v) is 15.4. The van der Waals surface area contributed by atoms with Crippen LogP contribution < -0.4 is 16.0 Å². The fraction of sp³-hybridized carbons (Fsp3) is 0.333. The minimum absolute atomic E-state index is 0.0581. The molecule has 2 aromatic rings. The van der Waals surface area contributed by atoms with Crippen LogP contribution in [0, 0.1) is 0 Å². The van der Waals surface area contributed by atoms with Crippen molar-refractivity contribution < 1.29 is 4.79 Å². The van der Waals surface area contributed by atoms with Gasteiger partial charge in [0.25, 0.3) is 5.91 Å². The Morgan fingerprint density at radius 2 is 1.54 bits per heavy atom. The summed E-state index contributed by atoms with van der Waals surface area (Å²) in [6.07, 6.45) is 2.03. The smallest absolute Gasteiger partial charge is 0.251 e. The van der Waals surface area contributed by atoms with Crippen molar-refractivity contribution >= 4 is 11.9 Å². The molecule has 0 saturated heterocycles. The van der Waals surface area contributed by atoms with Crippen molar-refractivity contribution in [2.75, 3.05) is 26.2 Å². The molecule has 1 amide bonds. The summed E-state index contributed by atoms with van der Waals surface area (Å²) in [5.41, 5.74) is 2.01. The monoisotopic (exact) mass is 352 g/mol. The second-order valence-electron chi connectivity index (χ2n) is 5.90. The van der Waals surface area contributed by atoms with Crippen molar-refractivity contribution in [1.29, 1.82) is 0 Å². The quantitative estimate of drug-likeness (QED) is 0.369. The molecule has 0 aliphatic rings. The molecule has 0 aromatic heterocycles. The Morgan fingerprint density at radius 1 is 0.885 bits per heavy atom. The average Bonchev–Trinajstić information content (AvgIpc) is 2.69. The lowest BCUT2D eigenvalue weighted by Gasteiger charge is -2.12. The van der Waals surface area contributed by atoms with Gasteiger partial charge in [-0.2, -0.15) is 0 Å². The van der Waals surface area contributed by atoms with E-state index in [9.17, 15) is 4.79 Å². The summed E-state index contributed by atoms with van der Waals surface area (Å²) in [5.74, 6) is 0.728. The number of hydrogen-bond acceptors (Lipinski definition) is 2. The van der Waals surface area contributed by atoms with Gasteiger partial charge in [-0.15, -0.1) is 0 Å². The van der Waals surface area contributed by atoms with Gasteiger partial charge in [0, 0.05) is 31.7 Å². The highest BCUT2D eigenvalue weighted by atomic mass is 16.1. The molecule has 0 fully saturated rings. The summed E-state index contributed by atoms with van der Waals surface area (Å²) in [6.45, 7) is 4.78. The molecule has 0 aliphatic carbocycles. The SMILES string of the molecule is CCNC(=NCCCc1ccccc1)NCCNC(=O)c1ccccc1. The van der Waals surface area contributed by atoms with E-state index < -0.39 is 0 Å². The molecular weight excluding hydrogens is 324 g/mol. The molecular formula is C21H28N4O. The number of rotatable bonds is 9. The Labute approximate surface area is 155 Å². The molecule has 5 nitrogen and oxygen atoms in total. The number of nitrogens with zero attached hydrogens (tertiary/aromatic N) is 1.